The molecule has 2 aromatic carbocycles. The van der Waals surface area contributed by atoms with Crippen molar-refractivity contribution in [2.45, 2.75) is 13.3 Å². The molecule has 0 spiro atoms. The lowest BCUT2D eigenvalue weighted by Gasteiger charge is -2.16. The van der Waals surface area contributed by atoms with Crippen LogP contribution in [-0.4, -0.2) is 24.6 Å². The third kappa shape index (κ3) is 4.62. The van der Waals surface area contributed by atoms with E-state index in [-0.39, 0.29) is 0 Å². The van der Waals surface area contributed by atoms with Crippen LogP contribution in [0.1, 0.15) is 17.5 Å². The van der Waals surface area contributed by atoms with Gasteiger partial charge < -0.3 is 14.8 Å². The molecule has 0 aliphatic rings. The van der Waals surface area contributed by atoms with Gasteiger partial charge in [0.1, 0.15) is 17.6 Å². The molecule has 5 nitrogen and oxygen atoms in total. The summed E-state index contributed by atoms with van der Waals surface area (Å²) in [5.74, 6) is 1.74. The van der Waals surface area contributed by atoms with Crippen LogP contribution in [0.15, 0.2) is 30.5 Å². The number of ether oxygens (including phenoxy) is 2. The van der Waals surface area contributed by atoms with Gasteiger partial charge in [0.2, 0.25) is 0 Å². The zero-order chi connectivity index (χ0) is 21.0. The highest BCUT2D eigenvalue weighted by Gasteiger charge is 2.15. The van der Waals surface area contributed by atoms with Crippen molar-refractivity contribution >= 4 is 57.1 Å². The average Bonchev–Trinajstić information content (AvgIpc) is 2.71. The largest absolute Gasteiger partial charge is 0.495 e. The van der Waals surface area contributed by atoms with Gasteiger partial charge in [-0.3, -0.25) is 4.98 Å². The van der Waals surface area contributed by atoms with Crippen molar-refractivity contribution in [1.82, 2.24) is 4.98 Å². The minimum atomic E-state index is 0.387. The van der Waals surface area contributed by atoms with Crippen molar-refractivity contribution in [3.63, 3.8) is 0 Å². The minimum absolute atomic E-state index is 0.387. The maximum absolute atomic E-state index is 9.59. The van der Waals surface area contributed by atoms with Gasteiger partial charge in [-0.2, -0.15) is 5.26 Å². The number of pyridine rings is 1. The zero-order valence-corrected chi connectivity index (χ0v) is 18.1. The van der Waals surface area contributed by atoms with E-state index in [1.165, 1.54) is 13.3 Å². The smallest absolute Gasteiger partial charge is 0.139 e. The first-order valence-electron chi connectivity index (χ1n) is 8.80. The highest BCUT2D eigenvalue weighted by atomic mass is 35.5. The molecule has 3 rings (SSSR count). The Morgan fingerprint density at radius 1 is 1.14 bits per heavy atom. The van der Waals surface area contributed by atoms with E-state index in [0.717, 1.165) is 23.1 Å². The highest BCUT2D eigenvalue weighted by molar-refractivity contribution is 6.37. The molecule has 0 aliphatic carbocycles. The van der Waals surface area contributed by atoms with Crippen molar-refractivity contribution < 1.29 is 9.47 Å². The molecule has 0 fully saturated rings. The number of nitriles is 1. The average molecular weight is 451 g/mol. The van der Waals surface area contributed by atoms with Crippen molar-refractivity contribution in [3.8, 4) is 17.6 Å². The monoisotopic (exact) mass is 449 g/mol. The van der Waals surface area contributed by atoms with E-state index < -0.39 is 0 Å². The molecule has 0 radical (unpaired) electrons. The highest BCUT2D eigenvalue weighted by Crippen LogP contribution is 2.38. The molecule has 8 heteroatoms. The fourth-order valence-corrected chi connectivity index (χ4v) is 3.47. The number of fused-ring (bicyclic) bond motifs is 1. The summed E-state index contributed by atoms with van der Waals surface area (Å²) in [5, 5.41) is 14.4. The molecule has 0 saturated carbocycles. The quantitative estimate of drug-likeness (QED) is 0.329. The molecule has 150 valence electrons. The number of methoxy groups -OCH3 is 1. The van der Waals surface area contributed by atoms with Gasteiger partial charge in [0.05, 0.1) is 46.2 Å². The Labute approximate surface area is 184 Å². The summed E-state index contributed by atoms with van der Waals surface area (Å²) in [4.78, 5) is 4.41. The Kier molecular flexibility index (Phi) is 6.92. The van der Waals surface area contributed by atoms with E-state index in [1.807, 2.05) is 19.1 Å². The van der Waals surface area contributed by atoms with E-state index in [0.29, 0.717) is 50.7 Å². The first kappa shape index (κ1) is 21.3. The van der Waals surface area contributed by atoms with Crippen molar-refractivity contribution in [2.24, 2.45) is 0 Å². The first-order chi connectivity index (χ1) is 14.0. The number of benzene rings is 2. The molecule has 0 atom stereocenters. The summed E-state index contributed by atoms with van der Waals surface area (Å²) in [6.45, 7) is 2.47. The zero-order valence-electron chi connectivity index (χ0n) is 15.9. The molecule has 1 N–H and O–H groups in total. The molecular formula is C21H18Cl3N3O2. The third-order valence-electron chi connectivity index (χ3n) is 4.32. The van der Waals surface area contributed by atoms with E-state index in [2.05, 4.69) is 16.4 Å². The van der Waals surface area contributed by atoms with Gasteiger partial charge in [0, 0.05) is 29.6 Å². The Morgan fingerprint density at radius 2 is 1.93 bits per heavy atom. The van der Waals surface area contributed by atoms with Gasteiger partial charge in [0.25, 0.3) is 0 Å². The molecule has 0 aliphatic heterocycles. The van der Waals surface area contributed by atoms with Gasteiger partial charge >= 0.3 is 0 Å². The number of nitrogens with one attached hydrogen (secondary N) is 1. The second-order valence-electron chi connectivity index (χ2n) is 6.28. The SMILES string of the molecule is COc1cc(Nc2c(C#N)cnc3cc(OCCCCl)c(C)cc23)c(Cl)cc1Cl. The van der Waals surface area contributed by atoms with Gasteiger partial charge in [-0.25, -0.2) is 0 Å². The van der Waals surface area contributed by atoms with Crippen LogP contribution in [0.25, 0.3) is 10.9 Å². The lowest BCUT2D eigenvalue weighted by molar-refractivity contribution is 0.316. The van der Waals surface area contributed by atoms with E-state index in [4.69, 9.17) is 44.3 Å². The van der Waals surface area contributed by atoms with Crippen molar-refractivity contribution in [2.75, 3.05) is 24.9 Å². The Morgan fingerprint density at radius 3 is 2.62 bits per heavy atom. The van der Waals surface area contributed by atoms with Crippen LogP contribution >= 0.6 is 34.8 Å². The van der Waals surface area contributed by atoms with Crippen LogP contribution in [-0.2, 0) is 0 Å². The minimum Gasteiger partial charge on any atom is -0.495 e. The van der Waals surface area contributed by atoms with Gasteiger partial charge in [0.15, 0.2) is 0 Å². The molecule has 0 bridgehead atoms. The molecular weight excluding hydrogens is 433 g/mol. The first-order valence-corrected chi connectivity index (χ1v) is 10.1. The normalized spacial score (nSPS) is 10.6. The standard InChI is InChI=1S/C21H18Cl3N3O2/c1-12-6-14-17(8-19(12)29-5-3-4-22)26-11-13(10-25)21(14)27-18-9-20(28-2)16(24)7-15(18)23/h6-9,11H,3-5H2,1-2H3,(H,26,27). The summed E-state index contributed by atoms with van der Waals surface area (Å²) >= 11 is 18.2. The van der Waals surface area contributed by atoms with Crippen molar-refractivity contribution in [3.05, 3.63) is 51.6 Å². The molecule has 1 heterocycles. The summed E-state index contributed by atoms with van der Waals surface area (Å²) in [7, 11) is 1.52. The summed E-state index contributed by atoms with van der Waals surface area (Å²) in [6.07, 6.45) is 2.27. The van der Waals surface area contributed by atoms with Gasteiger partial charge in [-0.1, -0.05) is 23.2 Å². The lowest BCUT2D eigenvalue weighted by Crippen LogP contribution is -2.02. The van der Waals surface area contributed by atoms with Crippen LogP contribution in [0.5, 0.6) is 11.5 Å². The fraction of sp³-hybridized carbons (Fsp3) is 0.238. The molecule has 0 amide bonds. The maximum atomic E-state index is 9.59. The fourth-order valence-electron chi connectivity index (χ4n) is 2.86. The molecule has 0 saturated heterocycles. The summed E-state index contributed by atoms with van der Waals surface area (Å²) in [6, 6.07) is 9.24. The Hall–Kier alpha value is -2.39. The predicted octanol–water partition coefficient (Wildman–Crippen LogP) is 6.48. The third-order valence-corrected chi connectivity index (χ3v) is 5.20. The van der Waals surface area contributed by atoms with E-state index in [1.54, 1.807) is 12.1 Å². The summed E-state index contributed by atoms with van der Waals surface area (Å²) in [5.41, 5.74) is 3.16. The summed E-state index contributed by atoms with van der Waals surface area (Å²) < 4.78 is 11.1. The maximum Gasteiger partial charge on any atom is 0.139 e. The van der Waals surface area contributed by atoms with E-state index >= 15 is 0 Å². The number of halogens is 3. The van der Waals surface area contributed by atoms with Crippen LogP contribution in [0.4, 0.5) is 11.4 Å². The number of alkyl halides is 1. The lowest BCUT2D eigenvalue weighted by atomic mass is 10.1. The van der Waals surface area contributed by atoms with Gasteiger partial charge in [-0.15, -0.1) is 11.6 Å². The van der Waals surface area contributed by atoms with Crippen LogP contribution in [0, 0.1) is 18.3 Å². The Balaban J connectivity index is 2.09. The number of hydrogen-bond donors (Lipinski definition) is 1. The topological polar surface area (TPSA) is 67.2 Å². The van der Waals surface area contributed by atoms with Crippen LogP contribution in [0.2, 0.25) is 10.0 Å². The number of aryl methyl sites for hydroxylation is 1. The van der Waals surface area contributed by atoms with Crippen LogP contribution in [0.3, 0.4) is 0 Å². The van der Waals surface area contributed by atoms with Crippen molar-refractivity contribution in [1.29, 1.82) is 5.26 Å². The Bertz CT molecular complexity index is 1100. The molecule has 1 aromatic heterocycles. The number of anilines is 2. The number of aromatic nitrogens is 1. The molecule has 29 heavy (non-hydrogen) atoms. The van der Waals surface area contributed by atoms with Crippen LogP contribution < -0.4 is 14.8 Å². The second-order valence-corrected chi connectivity index (χ2v) is 7.47. The predicted molar refractivity (Wildman–Crippen MR) is 118 cm³/mol. The molecule has 0 unspecified atom stereocenters. The van der Waals surface area contributed by atoms with E-state index in [9.17, 15) is 5.26 Å². The number of rotatable bonds is 7. The number of hydrogen-bond acceptors (Lipinski definition) is 5. The molecule has 3 aromatic rings. The second kappa shape index (κ2) is 9.41. The van der Waals surface area contributed by atoms with Gasteiger partial charge in [-0.05, 0) is 31.0 Å². The number of nitrogens with zero attached hydrogens (tertiary/aromatic N) is 2.